The first kappa shape index (κ1) is 15.5. The molecule has 0 N–H and O–H groups in total. The highest BCUT2D eigenvalue weighted by molar-refractivity contribution is 9.10. The Hall–Kier alpha value is -0.850. The van der Waals surface area contributed by atoms with Crippen LogP contribution < -0.4 is 4.74 Å². The number of halogens is 2. The van der Waals surface area contributed by atoms with Gasteiger partial charge in [0.05, 0.1) is 9.37 Å². The molecule has 0 aliphatic rings. The van der Waals surface area contributed by atoms with Gasteiger partial charge >= 0.3 is 0 Å². The molecule has 0 heterocycles. The van der Waals surface area contributed by atoms with Crippen LogP contribution in [0.4, 0.5) is 0 Å². The summed E-state index contributed by atoms with van der Waals surface area (Å²) in [6.45, 7) is 0. The van der Waals surface area contributed by atoms with Crippen LogP contribution in [-0.4, -0.2) is 14.7 Å². The number of alkyl halides is 1. The standard InChI is InChI=1S/C14H12Br2O3S/c1-20(17,18)12-4-2-3-11(8-12)19-14-6-5-10(9-15)7-13(14)16/h2-8H,9H2,1H3. The first-order valence-electron chi connectivity index (χ1n) is 5.72. The van der Waals surface area contributed by atoms with Crippen molar-refractivity contribution >= 4 is 41.7 Å². The summed E-state index contributed by atoms with van der Waals surface area (Å²) >= 11 is 6.83. The Labute approximate surface area is 135 Å². The zero-order valence-corrected chi connectivity index (χ0v) is 14.6. The number of rotatable bonds is 4. The maximum absolute atomic E-state index is 11.5. The highest BCUT2D eigenvalue weighted by Gasteiger charge is 2.09. The molecule has 20 heavy (non-hydrogen) atoms. The third-order valence-electron chi connectivity index (χ3n) is 2.61. The molecular weight excluding hydrogens is 408 g/mol. The van der Waals surface area contributed by atoms with Gasteiger partial charge < -0.3 is 4.74 Å². The average molecular weight is 420 g/mol. The summed E-state index contributed by atoms with van der Waals surface area (Å²) in [6.07, 6.45) is 1.17. The van der Waals surface area contributed by atoms with Crippen LogP contribution >= 0.6 is 31.9 Å². The van der Waals surface area contributed by atoms with Gasteiger partial charge in [-0.05, 0) is 51.8 Å². The number of benzene rings is 2. The van der Waals surface area contributed by atoms with Crippen LogP contribution in [0.3, 0.4) is 0 Å². The SMILES string of the molecule is CS(=O)(=O)c1cccc(Oc2ccc(CBr)cc2Br)c1. The predicted molar refractivity (Wildman–Crippen MR) is 86.4 cm³/mol. The van der Waals surface area contributed by atoms with E-state index in [9.17, 15) is 8.42 Å². The van der Waals surface area contributed by atoms with Crippen LogP contribution in [0, 0.1) is 0 Å². The molecule has 6 heteroatoms. The topological polar surface area (TPSA) is 43.4 Å². The van der Waals surface area contributed by atoms with Crippen LogP contribution in [-0.2, 0) is 15.2 Å². The van der Waals surface area contributed by atoms with Crippen LogP contribution in [0.5, 0.6) is 11.5 Å². The quantitative estimate of drug-likeness (QED) is 0.683. The fourth-order valence-electron chi connectivity index (χ4n) is 1.61. The smallest absolute Gasteiger partial charge is 0.175 e. The second-order valence-electron chi connectivity index (χ2n) is 4.25. The predicted octanol–water partition coefficient (Wildman–Crippen LogP) is 4.54. The molecule has 0 unspecified atom stereocenters. The average Bonchev–Trinajstić information content (AvgIpc) is 2.40. The Bertz CT molecular complexity index is 727. The van der Waals surface area contributed by atoms with E-state index in [1.54, 1.807) is 18.2 Å². The normalized spacial score (nSPS) is 11.3. The molecule has 0 saturated heterocycles. The van der Waals surface area contributed by atoms with Crippen molar-refractivity contribution in [2.24, 2.45) is 0 Å². The molecule has 0 aliphatic heterocycles. The summed E-state index contributed by atoms with van der Waals surface area (Å²) in [5.74, 6) is 1.13. The van der Waals surface area contributed by atoms with E-state index in [4.69, 9.17) is 4.74 Å². The highest BCUT2D eigenvalue weighted by atomic mass is 79.9. The van der Waals surface area contributed by atoms with Crippen LogP contribution in [0.1, 0.15) is 5.56 Å². The molecule has 2 aromatic carbocycles. The number of sulfone groups is 1. The van der Waals surface area contributed by atoms with Crippen LogP contribution in [0.15, 0.2) is 51.8 Å². The lowest BCUT2D eigenvalue weighted by Gasteiger charge is -2.09. The lowest BCUT2D eigenvalue weighted by molar-refractivity contribution is 0.477. The van der Waals surface area contributed by atoms with Gasteiger partial charge in [0.2, 0.25) is 0 Å². The van der Waals surface area contributed by atoms with Crippen molar-refractivity contribution in [1.29, 1.82) is 0 Å². The number of ether oxygens (including phenoxy) is 1. The molecule has 0 fully saturated rings. The van der Waals surface area contributed by atoms with E-state index < -0.39 is 9.84 Å². The second-order valence-corrected chi connectivity index (χ2v) is 7.68. The molecule has 0 aliphatic carbocycles. The van der Waals surface area contributed by atoms with Gasteiger partial charge in [0, 0.05) is 11.6 Å². The molecular formula is C14H12Br2O3S. The zero-order chi connectivity index (χ0) is 14.8. The molecule has 106 valence electrons. The minimum atomic E-state index is -3.24. The van der Waals surface area contributed by atoms with E-state index in [0.29, 0.717) is 11.5 Å². The fourth-order valence-corrected chi connectivity index (χ4v) is 3.12. The molecule has 2 aromatic rings. The summed E-state index contributed by atoms with van der Waals surface area (Å²) in [7, 11) is -3.24. The Morgan fingerprint density at radius 2 is 1.90 bits per heavy atom. The summed E-state index contributed by atoms with van der Waals surface area (Å²) in [6, 6.07) is 12.2. The minimum Gasteiger partial charge on any atom is -0.456 e. The molecule has 2 rings (SSSR count). The highest BCUT2D eigenvalue weighted by Crippen LogP contribution is 2.31. The fraction of sp³-hybridized carbons (Fsp3) is 0.143. The van der Waals surface area contributed by atoms with Crippen LogP contribution in [0.25, 0.3) is 0 Å². The van der Waals surface area contributed by atoms with Gasteiger partial charge in [-0.3, -0.25) is 0 Å². The molecule has 0 radical (unpaired) electrons. The summed E-state index contributed by atoms with van der Waals surface area (Å²) in [4.78, 5) is 0.239. The minimum absolute atomic E-state index is 0.239. The molecule has 0 spiro atoms. The van der Waals surface area contributed by atoms with Crippen molar-refractivity contribution in [3.8, 4) is 11.5 Å². The first-order valence-corrected chi connectivity index (χ1v) is 9.53. The van der Waals surface area contributed by atoms with E-state index in [-0.39, 0.29) is 4.90 Å². The monoisotopic (exact) mass is 418 g/mol. The van der Waals surface area contributed by atoms with Crippen LogP contribution in [0.2, 0.25) is 0 Å². The van der Waals surface area contributed by atoms with Crippen molar-refractivity contribution in [3.05, 3.63) is 52.5 Å². The molecule has 3 nitrogen and oxygen atoms in total. The van der Waals surface area contributed by atoms with Gasteiger partial charge in [0.1, 0.15) is 11.5 Å². The van der Waals surface area contributed by atoms with Gasteiger partial charge in [-0.15, -0.1) is 0 Å². The molecule has 0 amide bonds. The van der Waals surface area contributed by atoms with Crippen molar-refractivity contribution in [3.63, 3.8) is 0 Å². The van der Waals surface area contributed by atoms with Gasteiger partial charge in [-0.1, -0.05) is 28.1 Å². The molecule has 0 aromatic heterocycles. The summed E-state index contributed by atoms with van der Waals surface area (Å²) < 4.78 is 29.6. The lowest BCUT2D eigenvalue weighted by Crippen LogP contribution is -1.97. The third kappa shape index (κ3) is 3.84. The van der Waals surface area contributed by atoms with Crippen molar-refractivity contribution in [2.75, 3.05) is 6.26 Å². The van der Waals surface area contributed by atoms with Crippen molar-refractivity contribution in [1.82, 2.24) is 0 Å². The van der Waals surface area contributed by atoms with E-state index in [0.717, 1.165) is 15.4 Å². The van der Waals surface area contributed by atoms with Crippen molar-refractivity contribution in [2.45, 2.75) is 10.2 Å². The van der Waals surface area contributed by atoms with E-state index in [2.05, 4.69) is 31.9 Å². The number of hydrogen-bond donors (Lipinski definition) is 0. The Morgan fingerprint density at radius 1 is 1.15 bits per heavy atom. The maximum Gasteiger partial charge on any atom is 0.175 e. The van der Waals surface area contributed by atoms with Gasteiger partial charge in [0.25, 0.3) is 0 Å². The Balaban J connectivity index is 2.31. The third-order valence-corrected chi connectivity index (χ3v) is 4.99. The Kier molecular flexibility index (Phi) is 4.88. The van der Waals surface area contributed by atoms with Gasteiger partial charge in [-0.2, -0.15) is 0 Å². The van der Waals surface area contributed by atoms with Crippen molar-refractivity contribution < 1.29 is 13.2 Å². The maximum atomic E-state index is 11.5. The van der Waals surface area contributed by atoms with E-state index >= 15 is 0 Å². The number of hydrogen-bond acceptors (Lipinski definition) is 3. The second kappa shape index (κ2) is 6.28. The molecule has 0 atom stereocenters. The Morgan fingerprint density at radius 3 is 2.50 bits per heavy atom. The van der Waals surface area contributed by atoms with Gasteiger partial charge in [-0.25, -0.2) is 8.42 Å². The molecule has 0 saturated carbocycles. The zero-order valence-electron chi connectivity index (χ0n) is 10.6. The lowest BCUT2D eigenvalue weighted by atomic mass is 10.2. The van der Waals surface area contributed by atoms with E-state index in [1.165, 1.54) is 12.3 Å². The molecule has 0 bridgehead atoms. The summed E-state index contributed by atoms with van der Waals surface area (Å²) in [5, 5.41) is 0.759. The van der Waals surface area contributed by atoms with E-state index in [1.807, 2.05) is 18.2 Å². The summed E-state index contributed by atoms with van der Waals surface area (Å²) in [5.41, 5.74) is 1.12. The van der Waals surface area contributed by atoms with Gasteiger partial charge in [0.15, 0.2) is 9.84 Å². The largest absolute Gasteiger partial charge is 0.456 e. The first-order chi connectivity index (χ1) is 9.40.